The van der Waals surface area contributed by atoms with Crippen molar-refractivity contribution in [3.8, 4) is 0 Å². The number of hydrogen-bond acceptors (Lipinski definition) is 5. The highest BCUT2D eigenvalue weighted by atomic mass is 35.5. The number of hydrogen-bond donors (Lipinski definition) is 1. The van der Waals surface area contributed by atoms with Crippen molar-refractivity contribution >= 4 is 44.9 Å². The maximum absolute atomic E-state index is 11.8. The van der Waals surface area contributed by atoms with Gasteiger partial charge in [-0.15, -0.1) is 0 Å². The van der Waals surface area contributed by atoms with Crippen molar-refractivity contribution in [2.24, 2.45) is 0 Å². The standard InChI is InChI=1S/C13H13Cl2NO5S/c14-9-3-8(4-10(15)5-9)13(18)21-6-12(17)16-11-1-2-22(19,20)7-11/h3-5,11H,1-2,6-7H2,(H,16,17)/t11-/m1/s1. The fourth-order valence-corrected chi connectivity index (χ4v) is 4.26. The first-order chi connectivity index (χ1) is 10.2. The van der Waals surface area contributed by atoms with Gasteiger partial charge in [0.1, 0.15) is 0 Å². The van der Waals surface area contributed by atoms with Crippen LogP contribution < -0.4 is 5.32 Å². The lowest BCUT2D eigenvalue weighted by atomic mass is 10.2. The third kappa shape index (κ3) is 4.86. The molecule has 120 valence electrons. The molecule has 1 saturated heterocycles. The van der Waals surface area contributed by atoms with Crippen LogP contribution in [0.3, 0.4) is 0 Å². The average molecular weight is 366 g/mol. The monoisotopic (exact) mass is 365 g/mol. The summed E-state index contributed by atoms with van der Waals surface area (Å²) in [5, 5.41) is 3.07. The number of rotatable bonds is 4. The van der Waals surface area contributed by atoms with Gasteiger partial charge in [-0.25, -0.2) is 13.2 Å². The van der Waals surface area contributed by atoms with Crippen LogP contribution in [0.25, 0.3) is 0 Å². The molecule has 1 heterocycles. The number of nitrogens with one attached hydrogen (secondary N) is 1. The summed E-state index contributed by atoms with van der Waals surface area (Å²) in [4.78, 5) is 23.4. The number of esters is 1. The third-order valence-corrected chi connectivity index (χ3v) is 5.23. The van der Waals surface area contributed by atoms with Gasteiger partial charge in [0, 0.05) is 16.1 Å². The Kier molecular flexibility index (Phi) is 5.31. The van der Waals surface area contributed by atoms with Crippen LogP contribution in [0.15, 0.2) is 18.2 Å². The van der Waals surface area contributed by atoms with Gasteiger partial charge < -0.3 is 10.1 Å². The van der Waals surface area contributed by atoms with Gasteiger partial charge in [0.15, 0.2) is 16.4 Å². The Labute approximate surface area is 137 Å². The molecule has 0 radical (unpaired) electrons. The van der Waals surface area contributed by atoms with Crippen molar-refractivity contribution in [3.63, 3.8) is 0 Å². The highest BCUT2D eigenvalue weighted by Gasteiger charge is 2.29. The van der Waals surface area contributed by atoms with E-state index < -0.39 is 34.4 Å². The maximum atomic E-state index is 11.8. The van der Waals surface area contributed by atoms with E-state index in [2.05, 4.69) is 5.32 Å². The van der Waals surface area contributed by atoms with Crippen molar-refractivity contribution in [1.29, 1.82) is 0 Å². The molecule has 0 saturated carbocycles. The van der Waals surface area contributed by atoms with Crippen LogP contribution in [0.4, 0.5) is 0 Å². The second-order valence-corrected chi connectivity index (χ2v) is 8.00. The van der Waals surface area contributed by atoms with Gasteiger partial charge >= 0.3 is 5.97 Å². The molecule has 1 atom stereocenters. The van der Waals surface area contributed by atoms with Crippen LogP contribution >= 0.6 is 23.2 Å². The lowest BCUT2D eigenvalue weighted by Gasteiger charge is -2.11. The summed E-state index contributed by atoms with van der Waals surface area (Å²) >= 11 is 11.5. The Morgan fingerprint density at radius 3 is 2.41 bits per heavy atom. The van der Waals surface area contributed by atoms with Gasteiger partial charge in [-0.3, -0.25) is 4.79 Å². The highest BCUT2D eigenvalue weighted by Crippen LogP contribution is 2.19. The van der Waals surface area contributed by atoms with Gasteiger partial charge in [-0.1, -0.05) is 23.2 Å². The molecule has 0 unspecified atom stereocenters. The predicted octanol–water partition coefficient (Wildman–Crippen LogP) is 1.45. The van der Waals surface area contributed by atoms with Crippen LogP contribution in [-0.4, -0.2) is 44.4 Å². The van der Waals surface area contributed by atoms with Crippen molar-refractivity contribution in [3.05, 3.63) is 33.8 Å². The Morgan fingerprint density at radius 2 is 1.86 bits per heavy atom. The number of halogens is 2. The molecule has 1 amide bonds. The van der Waals surface area contributed by atoms with Crippen molar-refractivity contribution in [2.45, 2.75) is 12.5 Å². The number of benzene rings is 1. The minimum absolute atomic E-state index is 0.0543. The first kappa shape index (κ1) is 17.1. The normalized spacial score (nSPS) is 19.6. The topological polar surface area (TPSA) is 89.5 Å². The zero-order chi connectivity index (χ0) is 16.3. The highest BCUT2D eigenvalue weighted by molar-refractivity contribution is 7.91. The Balaban J connectivity index is 1.84. The summed E-state index contributed by atoms with van der Waals surface area (Å²) in [6, 6.07) is 3.78. The fourth-order valence-electron chi connectivity index (χ4n) is 2.06. The smallest absolute Gasteiger partial charge is 0.338 e. The molecule has 1 fully saturated rings. The summed E-state index contributed by atoms with van der Waals surface area (Å²) < 4.78 is 27.4. The van der Waals surface area contributed by atoms with E-state index in [1.54, 1.807) is 0 Å². The maximum Gasteiger partial charge on any atom is 0.338 e. The molecular formula is C13H13Cl2NO5S. The van der Waals surface area contributed by atoms with Crippen LogP contribution in [0, 0.1) is 0 Å². The van der Waals surface area contributed by atoms with E-state index in [0.29, 0.717) is 6.42 Å². The summed E-state index contributed by atoms with van der Waals surface area (Å²) in [5.74, 6) is -1.32. The molecular weight excluding hydrogens is 353 g/mol. The van der Waals surface area contributed by atoms with E-state index in [4.69, 9.17) is 27.9 Å². The molecule has 1 aliphatic heterocycles. The lowest BCUT2D eigenvalue weighted by molar-refractivity contribution is -0.124. The number of sulfone groups is 1. The molecule has 1 aromatic rings. The van der Waals surface area contributed by atoms with Crippen LogP contribution in [-0.2, 0) is 19.4 Å². The average Bonchev–Trinajstić information content (AvgIpc) is 2.74. The molecule has 0 bridgehead atoms. The van der Waals surface area contributed by atoms with Crippen LogP contribution in [0.1, 0.15) is 16.8 Å². The number of carbonyl (C=O) groups excluding carboxylic acids is 2. The van der Waals surface area contributed by atoms with Crippen molar-refractivity contribution < 1.29 is 22.7 Å². The van der Waals surface area contributed by atoms with E-state index in [9.17, 15) is 18.0 Å². The molecule has 0 spiro atoms. The fraction of sp³-hybridized carbons (Fsp3) is 0.385. The Bertz CT molecular complexity index is 684. The molecule has 2 rings (SSSR count). The van der Waals surface area contributed by atoms with Gasteiger partial charge in [-0.2, -0.15) is 0 Å². The van der Waals surface area contributed by atoms with Gasteiger partial charge in [-0.05, 0) is 24.6 Å². The van der Waals surface area contributed by atoms with E-state index >= 15 is 0 Å². The van der Waals surface area contributed by atoms with Crippen LogP contribution in [0.5, 0.6) is 0 Å². The number of ether oxygens (including phenoxy) is 1. The van der Waals surface area contributed by atoms with Gasteiger partial charge in [0.25, 0.3) is 5.91 Å². The Morgan fingerprint density at radius 1 is 1.23 bits per heavy atom. The third-order valence-electron chi connectivity index (χ3n) is 3.03. The molecule has 1 aliphatic rings. The summed E-state index contributed by atoms with van der Waals surface area (Å²) in [6.45, 7) is -0.500. The summed E-state index contributed by atoms with van der Waals surface area (Å²) in [6.07, 6.45) is 0.367. The molecule has 1 N–H and O–H groups in total. The largest absolute Gasteiger partial charge is 0.452 e. The minimum Gasteiger partial charge on any atom is -0.452 e. The molecule has 6 nitrogen and oxygen atoms in total. The van der Waals surface area contributed by atoms with E-state index in [1.165, 1.54) is 18.2 Å². The van der Waals surface area contributed by atoms with E-state index in [0.717, 1.165) is 0 Å². The summed E-state index contributed by atoms with van der Waals surface area (Å²) in [7, 11) is -3.08. The minimum atomic E-state index is -3.08. The molecule has 9 heteroatoms. The zero-order valence-corrected chi connectivity index (χ0v) is 13.7. The van der Waals surface area contributed by atoms with Gasteiger partial charge in [0.2, 0.25) is 0 Å². The van der Waals surface area contributed by atoms with Crippen molar-refractivity contribution in [1.82, 2.24) is 5.32 Å². The molecule has 0 aromatic heterocycles. The molecule has 0 aliphatic carbocycles. The van der Waals surface area contributed by atoms with Crippen molar-refractivity contribution in [2.75, 3.05) is 18.1 Å². The lowest BCUT2D eigenvalue weighted by Crippen LogP contribution is -2.38. The second kappa shape index (κ2) is 6.85. The second-order valence-electron chi connectivity index (χ2n) is 4.90. The Hall–Kier alpha value is -1.31. The number of carbonyl (C=O) groups is 2. The summed E-state index contributed by atoms with van der Waals surface area (Å²) in [5.41, 5.74) is 0.133. The van der Waals surface area contributed by atoms with E-state index in [-0.39, 0.29) is 27.1 Å². The van der Waals surface area contributed by atoms with Crippen LogP contribution in [0.2, 0.25) is 10.0 Å². The first-order valence-corrected chi connectivity index (χ1v) is 8.96. The first-order valence-electron chi connectivity index (χ1n) is 6.38. The van der Waals surface area contributed by atoms with E-state index in [1.807, 2.05) is 0 Å². The predicted molar refractivity (Wildman–Crippen MR) is 81.9 cm³/mol. The zero-order valence-electron chi connectivity index (χ0n) is 11.3. The molecule has 22 heavy (non-hydrogen) atoms. The quantitative estimate of drug-likeness (QED) is 0.815. The number of amides is 1. The SMILES string of the molecule is O=C(COC(=O)c1cc(Cl)cc(Cl)c1)N[C@@H]1CCS(=O)(=O)C1. The van der Waals surface area contributed by atoms with Gasteiger partial charge in [0.05, 0.1) is 17.1 Å². The molecule has 1 aromatic carbocycles.